The molecule has 0 aliphatic heterocycles. The average molecular weight is 561 g/mol. The van der Waals surface area contributed by atoms with Crippen molar-refractivity contribution in [1.82, 2.24) is 9.97 Å². The van der Waals surface area contributed by atoms with Gasteiger partial charge in [0.1, 0.15) is 11.2 Å². The first-order valence-electron chi connectivity index (χ1n) is 15.0. The Morgan fingerprint density at radius 2 is 1.23 bits per heavy atom. The van der Waals surface area contributed by atoms with Crippen LogP contribution in [0.3, 0.4) is 0 Å². The molecule has 10 rings (SSSR count). The molecule has 0 atom stereocenters. The molecule has 2 aromatic heterocycles. The van der Waals surface area contributed by atoms with Crippen LogP contribution in [0.2, 0.25) is 0 Å². The lowest BCUT2D eigenvalue weighted by Gasteiger charge is -2.12. The number of rotatable bonds is 2. The van der Waals surface area contributed by atoms with Gasteiger partial charge in [-0.3, -0.25) is 0 Å². The standard InChI is InChI=1S/C41H24N2O/c1-2-8-29-24(7-1)23-36-30-17-15-27(21-25(30)13-19-32(29)36)39-35-10-3-5-11-37(35)42-41(43-39)28-16-18-31-26(22-28)14-20-34-33-9-4-6-12-38(33)44-40(31)34/h1-22H,23H2. The molecule has 3 heteroatoms. The van der Waals surface area contributed by atoms with E-state index in [0.29, 0.717) is 0 Å². The lowest BCUT2D eigenvalue weighted by atomic mass is 9.96. The lowest BCUT2D eigenvalue weighted by Crippen LogP contribution is -1.95. The van der Waals surface area contributed by atoms with Gasteiger partial charge in [0.25, 0.3) is 0 Å². The second kappa shape index (κ2) is 8.85. The minimum atomic E-state index is 0.717. The molecule has 0 spiro atoms. The van der Waals surface area contributed by atoms with Crippen molar-refractivity contribution < 1.29 is 4.42 Å². The number of para-hydroxylation sites is 2. The van der Waals surface area contributed by atoms with Crippen molar-refractivity contribution in [3.05, 3.63) is 145 Å². The molecule has 0 radical (unpaired) electrons. The molecule has 0 N–H and O–H groups in total. The van der Waals surface area contributed by atoms with Gasteiger partial charge >= 0.3 is 0 Å². The van der Waals surface area contributed by atoms with Gasteiger partial charge < -0.3 is 4.42 Å². The molecule has 2 heterocycles. The molecule has 1 aliphatic rings. The quantitative estimate of drug-likeness (QED) is 0.211. The highest BCUT2D eigenvalue weighted by Gasteiger charge is 2.21. The van der Waals surface area contributed by atoms with E-state index in [1.165, 1.54) is 33.0 Å². The first kappa shape index (κ1) is 23.7. The molecule has 0 unspecified atom stereocenters. The first-order chi connectivity index (χ1) is 21.8. The van der Waals surface area contributed by atoms with Crippen LogP contribution in [-0.4, -0.2) is 9.97 Å². The molecule has 0 saturated heterocycles. The summed E-state index contributed by atoms with van der Waals surface area (Å²) >= 11 is 0. The van der Waals surface area contributed by atoms with Gasteiger partial charge in [0.05, 0.1) is 11.2 Å². The minimum Gasteiger partial charge on any atom is -0.455 e. The van der Waals surface area contributed by atoms with E-state index in [-0.39, 0.29) is 0 Å². The zero-order chi connectivity index (χ0) is 28.8. The van der Waals surface area contributed by atoms with E-state index in [1.807, 2.05) is 18.2 Å². The van der Waals surface area contributed by atoms with Crippen molar-refractivity contribution in [3.8, 4) is 33.8 Å². The Kier molecular flexibility index (Phi) is 4.77. The maximum absolute atomic E-state index is 6.30. The van der Waals surface area contributed by atoms with E-state index in [2.05, 4.69) is 115 Å². The van der Waals surface area contributed by atoms with Crippen molar-refractivity contribution in [1.29, 1.82) is 0 Å². The fourth-order valence-corrected chi connectivity index (χ4v) is 7.19. The van der Waals surface area contributed by atoms with Crippen LogP contribution >= 0.6 is 0 Å². The zero-order valence-electron chi connectivity index (χ0n) is 23.7. The fourth-order valence-electron chi connectivity index (χ4n) is 7.19. The maximum atomic E-state index is 6.30. The highest BCUT2D eigenvalue weighted by atomic mass is 16.3. The van der Waals surface area contributed by atoms with E-state index in [0.717, 1.165) is 72.7 Å². The molecule has 0 bridgehead atoms. The van der Waals surface area contributed by atoms with Gasteiger partial charge in [-0.25, -0.2) is 9.97 Å². The average Bonchev–Trinajstić information content (AvgIpc) is 3.66. The second-order valence-corrected chi connectivity index (χ2v) is 11.8. The van der Waals surface area contributed by atoms with E-state index in [4.69, 9.17) is 14.4 Å². The van der Waals surface area contributed by atoms with Crippen molar-refractivity contribution in [2.24, 2.45) is 0 Å². The highest BCUT2D eigenvalue weighted by molar-refractivity contribution is 6.15. The molecule has 9 aromatic rings. The normalized spacial score (nSPS) is 12.5. The predicted octanol–water partition coefficient (Wildman–Crippen LogP) is 10.7. The molecule has 1 aliphatic carbocycles. The molecular formula is C41H24N2O. The molecule has 3 nitrogen and oxygen atoms in total. The van der Waals surface area contributed by atoms with Gasteiger partial charge in [0.15, 0.2) is 5.82 Å². The van der Waals surface area contributed by atoms with Crippen LogP contribution in [0.4, 0.5) is 0 Å². The molecule has 7 aromatic carbocycles. The molecule has 44 heavy (non-hydrogen) atoms. The Morgan fingerprint density at radius 3 is 2.20 bits per heavy atom. The second-order valence-electron chi connectivity index (χ2n) is 11.8. The van der Waals surface area contributed by atoms with Crippen molar-refractivity contribution in [3.63, 3.8) is 0 Å². The summed E-state index contributed by atoms with van der Waals surface area (Å²) in [6, 6.07) is 47.4. The summed E-state index contributed by atoms with van der Waals surface area (Å²) < 4.78 is 6.30. The van der Waals surface area contributed by atoms with Crippen molar-refractivity contribution in [2.45, 2.75) is 6.42 Å². The SMILES string of the molecule is c1ccc2c(c1)Cc1c-2ccc2cc(-c3nc(-c4ccc5c(ccc6c7ccccc7oc56)c4)nc4ccccc34)ccc12. The van der Waals surface area contributed by atoms with E-state index in [1.54, 1.807) is 0 Å². The topological polar surface area (TPSA) is 38.9 Å². The van der Waals surface area contributed by atoms with Gasteiger partial charge in [0, 0.05) is 32.7 Å². The number of hydrogen-bond donors (Lipinski definition) is 0. The largest absolute Gasteiger partial charge is 0.455 e. The summed E-state index contributed by atoms with van der Waals surface area (Å²) in [6.07, 6.45) is 0.977. The Balaban J connectivity index is 1.13. The smallest absolute Gasteiger partial charge is 0.160 e. The molecule has 204 valence electrons. The zero-order valence-corrected chi connectivity index (χ0v) is 23.7. The van der Waals surface area contributed by atoms with Crippen LogP contribution < -0.4 is 0 Å². The van der Waals surface area contributed by atoms with Gasteiger partial charge in [-0.05, 0) is 81.2 Å². The Labute approximate surface area is 253 Å². The van der Waals surface area contributed by atoms with Crippen LogP contribution in [0.1, 0.15) is 11.1 Å². The van der Waals surface area contributed by atoms with E-state index in [9.17, 15) is 0 Å². The Morgan fingerprint density at radius 1 is 0.500 bits per heavy atom. The Bertz CT molecular complexity index is 2650. The summed E-state index contributed by atoms with van der Waals surface area (Å²) in [4.78, 5) is 10.3. The number of hydrogen-bond acceptors (Lipinski definition) is 3. The molecule has 0 saturated carbocycles. The summed E-state index contributed by atoms with van der Waals surface area (Å²) in [5.41, 5.74) is 11.3. The summed E-state index contributed by atoms with van der Waals surface area (Å²) in [6.45, 7) is 0. The Hall–Kier alpha value is -5.80. The van der Waals surface area contributed by atoms with E-state index >= 15 is 0 Å². The van der Waals surface area contributed by atoms with Crippen molar-refractivity contribution in [2.75, 3.05) is 0 Å². The number of nitrogens with zero attached hydrogens (tertiary/aromatic N) is 2. The minimum absolute atomic E-state index is 0.717. The molecular weight excluding hydrogens is 536 g/mol. The third-order valence-electron chi connectivity index (χ3n) is 9.30. The number of fused-ring (bicyclic) bond motifs is 11. The fraction of sp³-hybridized carbons (Fsp3) is 0.0244. The predicted molar refractivity (Wildman–Crippen MR) is 181 cm³/mol. The third kappa shape index (κ3) is 3.38. The molecule has 0 amide bonds. The highest BCUT2D eigenvalue weighted by Crippen LogP contribution is 2.42. The van der Waals surface area contributed by atoms with Gasteiger partial charge in [-0.15, -0.1) is 0 Å². The van der Waals surface area contributed by atoms with Crippen LogP contribution in [-0.2, 0) is 6.42 Å². The summed E-state index contributed by atoms with van der Waals surface area (Å²) in [5, 5.41) is 8.07. The lowest BCUT2D eigenvalue weighted by molar-refractivity contribution is 0.672. The van der Waals surface area contributed by atoms with Gasteiger partial charge in [0.2, 0.25) is 0 Å². The summed E-state index contributed by atoms with van der Waals surface area (Å²) in [7, 11) is 0. The van der Waals surface area contributed by atoms with Crippen LogP contribution in [0, 0.1) is 0 Å². The number of benzene rings is 7. The summed E-state index contributed by atoms with van der Waals surface area (Å²) in [5.74, 6) is 0.717. The monoisotopic (exact) mass is 560 g/mol. The number of aromatic nitrogens is 2. The van der Waals surface area contributed by atoms with Gasteiger partial charge in [-0.1, -0.05) is 97.1 Å². The third-order valence-corrected chi connectivity index (χ3v) is 9.30. The van der Waals surface area contributed by atoms with Crippen LogP contribution in [0.25, 0.3) is 88.2 Å². The van der Waals surface area contributed by atoms with Crippen LogP contribution in [0.5, 0.6) is 0 Å². The maximum Gasteiger partial charge on any atom is 0.160 e. The van der Waals surface area contributed by atoms with Gasteiger partial charge in [-0.2, -0.15) is 0 Å². The van der Waals surface area contributed by atoms with Crippen molar-refractivity contribution >= 4 is 54.4 Å². The van der Waals surface area contributed by atoms with Crippen LogP contribution in [0.15, 0.2) is 138 Å². The van der Waals surface area contributed by atoms with E-state index < -0.39 is 0 Å². The first-order valence-corrected chi connectivity index (χ1v) is 15.0. The molecule has 0 fully saturated rings. The number of furan rings is 1.